The van der Waals surface area contributed by atoms with Crippen LogP contribution in [0.4, 0.5) is 0 Å². The molecule has 2 nitrogen and oxygen atoms in total. The van der Waals surface area contributed by atoms with Gasteiger partial charge in [-0.3, -0.25) is 0 Å². The zero-order valence-corrected chi connectivity index (χ0v) is 12.7. The molecule has 1 aliphatic rings. The van der Waals surface area contributed by atoms with Crippen LogP contribution in [0.2, 0.25) is 0 Å². The molecule has 0 amide bonds. The standard InChI is InChI=1S/C19H26O2/c1-2-9-18-13-8-14-19(21-18)12-6-7-15-20-16-17-10-4-3-5-11-17/h2-5,8,10-11,13,18-19H,1,6-7,9,12,14-16H2/t18-,19-/m1/s1. The minimum Gasteiger partial charge on any atom is -0.377 e. The topological polar surface area (TPSA) is 18.5 Å². The first-order valence-electron chi connectivity index (χ1n) is 7.93. The van der Waals surface area contributed by atoms with E-state index in [1.54, 1.807) is 0 Å². The van der Waals surface area contributed by atoms with Gasteiger partial charge in [-0.1, -0.05) is 48.6 Å². The van der Waals surface area contributed by atoms with Gasteiger partial charge in [0.1, 0.15) is 0 Å². The molecule has 0 fully saturated rings. The van der Waals surface area contributed by atoms with Crippen molar-refractivity contribution in [2.24, 2.45) is 0 Å². The van der Waals surface area contributed by atoms with Gasteiger partial charge in [-0.25, -0.2) is 0 Å². The fraction of sp³-hybridized carbons (Fsp3) is 0.474. The number of hydrogen-bond donors (Lipinski definition) is 0. The third kappa shape index (κ3) is 6.28. The largest absolute Gasteiger partial charge is 0.377 e. The maximum Gasteiger partial charge on any atom is 0.0794 e. The molecule has 0 radical (unpaired) electrons. The molecule has 0 saturated carbocycles. The smallest absolute Gasteiger partial charge is 0.0794 e. The van der Waals surface area contributed by atoms with Gasteiger partial charge in [0, 0.05) is 6.61 Å². The molecule has 0 aromatic heterocycles. The van der Waals surface area contributed by atoms with Crippen LogP contribution in [0.1, 0.15) is 37.7 Å². The van der Waals surface area contributed by atoms with Crippen LogP contribution in [-0.2, 0) is 16.1 Å². The fourth-order valence-electron chi connectivity index (χ4n) is 2.55. The highest BCUT2D eigenvalue weighted by Crippen LogP contribution is 2.19. The van der Waals surface area contributed by atoms with Crippen molar-refractivity contribution in [3.05, 3.63) is 60.7 Å². The zero-order valence-electron chi connectivity index (χ0n) is 12.7. The molecule has 1 aliphatic heterocycles. The second-order valence-electron chi connectivity index (χ2n) is 5.52. The maximum atomic E-state index is 6.00. The highest BCUT2D eigenvalue weighted by Gasteiger charge is 2.16. The van der Waals surface area contributed by atoms with Crippen molar-refractivity contribution in [2.75, 3.05) is 6.61 Å². The van der Waals surface area contributed by atoms with Gasteiger partial charge in [0.2, 0.25) is 0 Å². The SMILES string of the molecule is C=CC[C@@H]1C=CC[C@@H](CCCCOCc2ccccc2)O1. The van der Waals surface area contributed by atoms with Crippen LogP contribution in [0.25, 0.3) is 0 Å². The molecule has 2 heteroatoms. The van der Waals surface area contributed by atoms with Gasteiger partial charge in [-0.15, -0.1) is 6.58 Å². The summed E-state index contributed by atoms with van der Waals surface area (Å²) in [7, 11) is 0. The molecule has 0 spiro atoms. The summed E-state index contributed by atoms with van der Waals surface area (Å²) in [5.41, 5.74) is 1.24. The molecule has 1 heterocycles. The van der Waals surface area contributed by atoms with E-state index in [4.69, 9.17) is 9.47 Å². The molecular weight excluding hydrogens is 260 g/mol. The number of ether oxygens (including phenoxy) is 2. The van der Waals surface area contributed by atoms with Crippen molar-refractivity contribution in [3.63, 3.8) is 0 Å². The van der Waals surface area contributed by atoms with E-state index in [1.807, 2.05) is 24.3 Å². The van der Waals surface area contributed by atoms with Gasteiger partial charge >= 0.3 is 0 Å². The number of rotatable bonds is 9. The fourth-order valence-corrected chi connectivity index (χ4v) is 2.55. The third-order valence-corrected chi connectivity index (χ3v) is 3.69. The molecule has 0 saturated heterocycles. The van der Waals surface area contributed by atoms with E-state index < -0.39 is 0 Å². The Labute approximate surface area is 128 Å². The summed E-state index contributed by atoms with van der Waals surface area (Å²) in [5.74, 6) is 0. The Bertz CT molecular complexity index is 424. The third-order valence-electron chi connectivity index (χ3n) is 3.69. The van der Waals surface area contributed by atoms with Crippen molar-refractivity contribution in [1.82, 2.24) is 0 Å². The molecule has 114 valence electrons. The molecular formula is C19H26O2. The van der Waals surface area contributed by atoms with Crippen LogP contribution in [0.15, 0.2) is 55.1 Å². The second kappa shape index (κ2) is 9.54. The van der Waals surface area contributed by atoms with Crippen LogP contribution < -0.4 is 0 Å². The van der Waals surface area contributed by atoms with Crippen molar-refractivity contribution in [3.8, 4) is 0 Å². The average Bonchev–Trinajstić information content (AvgIpc) is 2.52. The summed E-state index contributed by atoms with van der Waals surface area (Å²) >= 11 is 0. The van der Waals surface area contributed by atoms with Crippen LogP contribution in [-0.4, -0.2) is 18.8 Å². The van der Waals surface area contributed by atoms with Crippen molar-refractivity contribution >= 4 is 0 Å². The molecule has 2 rings (SSSR count). The number of unbranched alkanes of at least 4 members (excludes halogenated alkanes) is 1. The summed E-state index contributed by atoms with van der Waals surface area (Å²) in [6.07, 6.45) is 12.3. The van der Waals surface area contributed by atoms with Gasteiger partial charge < -0.3 is 9.47 Å². The van der Waals surface area contributed by atoms with E-state index in [2.05, 4.69) is 30.9 Å². The van der Waals surface area contributed by atoms with Gasteiger partial charge in [0.25, 0.3) is 0 Å². The van der Waals surface area contributed by atoms with Crippen molar-refractivity contribution in [1.29, 1.82) is 0 Å². The second-order valence-corrected chi connectivity index (χ2v) is 5.52. The summed E-state index contributed by atoms with van der Waals surface area (Å²) < 4.78 is 11.7. The minimum absolute atomic E-state index is 0.232. The van der Waals surface area contributed by atoms with Crippen LogP contribution >= 0.6 is 0 Å². The van der Waals surface area contributed by atoms with E-state index in [0.717, 1.165) is 38.7 Å². The predicted molar refractivity (Wildman–Crippen MR) is 87.2 cm³/mol. The Hall–Kier alpha value is -1.38. The lowest BCUT2D eigenvalue weighted by Gasteiger charge is -2.25. The molecule has 0 aliphatic carbocycles. The van der Waals surface area contributed by atoms with E-state index in [9.17, 15) is 0 Å². The Morgan fingerprint density at radius 2 is 2.10 bits per heavy atom. The van der Waals surface area contributed by atoms with E-state index in [-0.39, 0.29) is 6.10 Å². The van der Waals surface area contributed by atoms with Crippen molar-refractivity contribution in [2.45, 2.75) is 50.9 Å². The molecule has 2 atom stereocenters. The van der Waals surface area contributed by atoms with Gasteiger partial charge in [0.15, 0.2) is 0 Å². The molecule has 1 aromatic carbocycles. The Balaban J connectivity index is 1.52. The average molecular weight is 286 g/mol. The normalized spacial score (nSPS) is 21.3. The first-order chi connectivity index (χ1) is 10.4. The zero-order chi connectivity index (χ0) is 14.8. The Morgan fingerprint density at radius 3 is 2.90 bits per heavy atom. The first-order valence-corrected chi connectivity index (χ1v) is 7.93. The lowest BCUT2D eigenvalue weighted by Crippen LogP contribution is -2.23. The Morgan fingerprint density at radius 1 is 1.24 bits per heavy atom. The molecule has 21 heavy (non-hydrogen) atoms. The molecule has 0 N–H and O–H groups in total. The lowest BCUT2D eigenvalue weighted by molar-refractivity contribution is 0.000831. The quantitative estimate of drug-likeness (QED) is 0.485. The lowest BCUT2D eigenvalue weighted by atomic mass is 10.0. The monoisotopic (exact) mass is 286 g/mol. The van der Waals surface area contributed by atoms with Gasteiger partial charge in [0.05, 0.1) is 18.8 Å². The van der Waals surface area contributed by atoms with E-state index >= 15 is 0 Å². The van der Waals surface area contributed by atoms with Gasteiger partial charge in [-0.05, 0) is 37.7 Å². The van der Waals surface area contributed by atoms with Crippen LogP contribution in [0.5, 0.6) is 0 Å². The minimum atomic E-state index is 0.232. The highest BCUT2D eigenvalue weighted by atomic mass is 16.5. The number of hydrogen-bond acceptors (Lipinski definition) is 2. The maximum absolute atomic E-state index is 6.00. The van der Waals surface area contributed by atoms with E-state index in [0.29, 0.717) is 12.7 Å². The van der Waals surface area contributed by atoms with E-state index in [1.165, 1.54) is 5.56 Å². The molecule has 0 bridgehead atoms. The molecule has 1 aromatic rings. The summed E-state index contributed by atoms with van der Waals surface area (Å²) in [6, 6.07) is 10.3. The van der Waals surface area contributed by atoms with Crippen LogP contribution in [0, 0.1) is 0 Å². The Kier molecular flexibility index (Phi) is 7.27. The van der Waals surface area contributed by atoms with Gasteiger partial charge in [-0.2, -0.15) is 0 Å². The predicted octanol–water partition coefficient (Wildman–Crippen LogP) is 4.66. The molecule has 0 unspecified atom stereocenters. The first kappa shape index (κ1) is 16.0. The highest BCUT2D eigenvalue weighted by molar-refractivity contribution is 5.13. The summed E-state index contributed by atoms with van der Waals surface area (Å²) in [4.78, 5) is 0. The van der Waals surface area contributed by atoms with Crippen LogP contribution in [0.3, 0.4) is 0 Å². The summed E-state index contributed by atoms with van der Waals surface area (Å²) in [6.45, 7) is 5.31. The number of benzene rings is 1. The summed E-state index contributed by atoms with van der Waals surface area (Å²) in [5, 5.41) is 0. The van der Waals surface area contributed by atoms with Crippen molar-refractivity contribution < 1.29 is 9.47 Å².